The highest BCUT2D eigenvalue weighted by Crippen LogP contribution is 2.11. The van der Waals surface area contributed by atoms with E-state index < -0.39 is 0 Å². The predicted molar refractivity (Wildman–Crippen MR) is 80.4 cm³/mol. The second kappa shape index (κ2) is 7.59. The molecule has 2 nitrogen and oxygen atoms in total. The molecule has 0 aliphatic carbocycles. The average Bonchev–Trinajstić information content (AvgIpc) is 2.46. The van der Waals surface area contributed by atoms with Crippen LogP contribution in [-0.4, -0.2) is 13.7 Å². The summed E-state index contributed by atoms with van der Waals surface area (Å²) in [5, 5.41) is 3.46. The topological polar surface area (TPSA) is 21.3 Å². The molecular formula is C17H21NO. The molecule has 0 spiro atoms. The molecule has 19 heavy (non-hydrogen) atoms. The average molecular weight is 255 g/mol. The van der Waals surface area contributed by atoms with E-state index in [2.05, 4.69) is 59.9 Å². The molecule has 0 amide bonds. The van der Waals surface area contributed by atoms with Gasteiger partial charge in [0.1, 0.15) is 0 Å². The molecule has 0 saturated carbocycles. The maximum Gasteiger partial charge on any atom is 0.0713 e. The van der Waals surface area contributed by atoms with Crippen LogP contribution in [0.5, 0.6) is 0 Å². The maximum absolute atomic E-state index is 5.14. The van der Waals surface area contributed by atoms with Gasteiger partial charge >= 0.3 is 0 Å². The minimum Gasteiger partial charge on any atom is -0.385 e. The highest BCUT2D eigenvalue weighted by Gasteiger charge is 1.96. The Morgan fingerprint density at radius 2 is 1.74 bits per heavy atom. The van der Waals surface area contributed by atoms with Crippen LogP contribution in [-0.2, 0) is 17.8 Å². The minimum atomic E-state index is 0.666. The molecular weight excluding hydrogens is 234 g/mol. The molecule has 0 saturated heterocycles. The lowest BCUT2D eigenvalue weighted by atomic mass is 10.1. The van der Waals surface area contributed by atoms with Crippen molar-refractivity contribution in [2.24, 2.45) is 0 Å². The Balaban J connectivity index is 1.75. The van der Waals surface area contributed by atoms with Crippen molar-refractivity contribution in [2.75, 3.05) is 19.0 Å². The Morgan fingerprint density at radius 1 is 0.947 bits per heavy atom. The minimum absolute atomic E-state index is 0.666. The van der Waals surface area contributed by atoms with E-state index in [4.69, 9.17) is 4.74 Å². The molecule has 0 heterocycles. The summed E-state index contributed by atoms with van der Waals surface area (Å²) in [7, 11) is 1.72. The molecule has 2 rings (SSSR count). The number of benzene rings is 2. The van der Waals surface area contributed by atoms with Crippen LogP contribution in [0.2, 0.25) is 0 Å². The Morgan fingerprint density at radius 3 is 2.53 bits per heavy atom. The molecule has 0 aromatic heterocycles. The first-order valence-corrected chi connectivity index (χ1v) is 6.74. The quantitative estimate of drug-likeness (QED) is 0.758. The molecule has 0 aliphatic heterocycles. The molecule has 0 atom stereocenters. The van der Waals surface area contributed by atoms with E-state index in [0.29, 0.717) is 6.61 Å². The summed E-state index contributed by atoms with van der Waals surface area (Å²) in [6.45, 7) is 1.66. The number of rotatable bonds is 7. The molecule has 1 N–H and O–H groups in total. The lowest BCUT2D eigenvalue weighted by Gasteiger charge is -2.08. The predicted octanol–water partition coefficient (Wildman–Crippen LogP) is 3.88. The van der Waals surface area contributed by atoms with Gasteiger partial charge in [-0.1, -0.05) is 42.5 Å². The summed E-state index contributed by atoms with van der Waals surface area (Å²) in [6.07, 6.45) is 2.25. The second-order valence-corrected chi connectivity index (χ2v) is 4.65. The van der Waals surface area contributed by atoms with Crippen LogP contribution in [0.15, 0.2) is 54.6 Å². The van der Waals surface area contributed by atoms with Crippen molar-refractivity contribution in [3.05, 3.63) is 65.7 Å². The summed E-state index contributed by atoms with van der Waals surface area (Å²) in [4.78, 5) is 0. The van der Waals surface area contributed by atoms with Crippen molar-refractivity contribution in [3.8, 4) is 0 Å². The summed E-state index contributed by atoms with van der Waals surface area (Å²) < 4.78 is 5.14. The van der Waals surface area contributed by atoms with Gasteiger partial charge in [0.15, 0.2) is 0 Å². The van der Waals surface area contributed by atoms with Crippen molar-refractivity contribution in [1.82, 2.24) is 0 Å². The van der Waals surface area contributed by atoms with Crippen LogP contribution in [0.25, 0.3) is 0 Å². The molecule has 0 bridgehead atoms. The fraction of sp³-hybridized carbons (Fsp3) is 0.294. The fourth-order valence-electron chi connectivity index (χ4n) is 2.11. The van der Waals surface area contributed by atoms with Gasteiger partial charge in [0.25, 0.3) is 0 Å². The lowest BCUT2D eigenvalue weighted by molar-refractivity contribution is 0.185. The Bertz CT molecular complexity index is 482. The zero-order valence-electron chi connectivity index (χ0n) is 11.4. The number of anilines is 1. The highest BCUT2D eigenvalue weighted by molar-refractivity contribution is 5.45. The number of hydrogen-bond donors (Lipinski definition) is 1. The molecule has 0 radical (unpaired) electrons. The lowest BCUT2D eigenvalue weighted by Crippen LogP contribution is -2.03. The van der Waals surface area contributed by atoms with Gasteiger partial charge in [-0.15, -0.1) is 0 Å². The van der Waals surface area contributed by atoms with E-state index in [1.807, 2.05) is 0 Å². The highest BCUT2D eigenvalue weighted by atomic mass is 16.5. The second-order valence-electron chi connectivity index (χ2n) is 4.65. The van der Waals surface area contributed by atoms with Gasteiger partial charge in [-0.25, -0.2) is 0 Å². The van der Waals surface area contributed by atoms with E-state index in [1.54, 1.807) is 7.11 Å². The number of hydrogen-bond acceptors (Lipinski definition) is 2. The monoisotopic (exact) mass is 255 g/mol. The van der Waals surface area contributed by atoms with Crippen LogP contribution in [0, 0.1) is 0 Å². The zero-order valence-corrected chi connectivity index (χ0v) is 11.4. The third-order valence-corrected chi connectivity index (χ3v) is 3.05. The first-order chi connectivity index (χ1) is 9.38. The number of nitrogens with one attached hydrogen (secondary N) is 1. The number of methoxy groups -OCH3 is 1. The van der Waals surface area contributed by atoms with Gasteiger partial charge in [-0.3, -0.25) is 0 Å². The Kier molecular flexibility index (Phi) is 5.45. The molecule has 2 heteroatoms. The van der Waals surface area contributed by atoms with Crippen molar-refractivity contribution in [2.45, 2.75) is 19.4 Å². The number of aryl methyl sites for hydroxylation is 1. The van der Waals surface area contributed by atoms with Gasteiger partial charge < -0.3 is 10.1 Å². The smallest absolute Gasteiger partial charge is 0.0713 e. The molecule has 2 aromatic carbocycles. The van der Waals surface area contributed by atoms with Crippen molar-refractivity contribution in [1.29, 1.82) is 0 Å². The normalized spacial score (nSPS) is 10.4. The molecule has 2 aromatic rings. The van der Waals surface area contributed by atoms with Gasteiger partial charge in [-0.2, -0.15) is 0 Å². The van der Waals surface area contributed by atoms with E-state index in [0.717, 1.165) is 19.4 Å². The van der Waals surface area contributed by atoms with E-state index in [9.17, 15) is 0 Å². The van der Waals surface area contributed by atoms with Crippen LogP contribution in [0.4, 0.5) is 5.69 Å². The van der Waals surface area contributed by atoms with Crippen LogP contribution in [0.3, 0.4) is 0 Å². The summed E-state index contributed by atoms with van der Waals surface area (Å²) in [6, 6.07) is 19.0. The third kappa shape index (κ3) is 4.76. The van der Waals surface area contributed by atoms with Gasteiger partial charge in [0.2, 0.25) is 0 Å². The van der Waals surface area contributed by atoms with E-state index in [-0.39, 0.29) is 0 Å². The van der Waals surface area contributed by atoms with Gasteiger partial charge in [0.05, 0.1) is 6.61 Å². The van der Waals surface area contributed by atoms with E-state index >= 15 is 0 Å². The Hall–Kier alpha value is -1.80. The molecule has 0 fully saturated rings. The first kappa shape index (κ1) is 13.6. The van der Waals surface area contributed by atoms with Crippen LogP contribution in [0.1, 0.15) is 17.5 Å². The maximum atomic E-state index is 5.14. The third-order valence-electron chi connectivity index (χ3n) is 3.05. The largest absolute Gasteiger partial charge is 0.385 e. The Labute approximate surface area is 115 Å². The molecule has 0 aliphatic rings. The SMILES string of the molecule is COCc1cccc(NCCCc2ccccc2)c1. The van der Waals surface area contributed by atoms with Gasteiger partial charge in [-0.05, 0) is 36.1 Å². The van der Waals surface area contributed by atoms with E-state index in [1.165, 1.54) is 16.8 Å². The van der Waals surface area contributed by atoms with Crippen LogP contribution < -0.4 is 5.32 Å². The van der Waals surface area contributed by atoms with Crippen molar-refractivity contribution < 1.29 is 4.74 Å². The standard InChI is InChI=1S/C17H21NO/c1-19-14-16-9-5-11-17(13-16)18-12-6-10-15-7-3-2-4-8-15/h2-5,7-9,11,13,18H,6,10,12,14H2,1H3. The van der Waals surface area contributed by atoms with Crippen LogP contribution >= 0.6 is 0 Å². The molecule has 0 unspecified atom stereocenters. The number of ether oxygens (including phenoxy) is 1. The summed E-state index contributed by atoms with van der Waals surface area (Å²) in [5.41, 5.74) is 3.77. The van der Waals surface area contributed by atoms with Crippen molar-refractivity contribution >= 4 is 5.69 Å². The van der Waals surface area contributed by atoms with Gasteiger partial charge in [0, 0.05) is 19.3 Å². The molecule has 100 valence electrons. The first-order valence-electron chi connectivity index (χ1n) is 6.74. The summed E-state index contributed by atoms with van der Waals surface area (Å²) >= 11 is 0. The fourth-order valence-corrected chi connectivity index (χ4v) is 2.11. The zero-order chi connectivity index (χ0) is 13.3. The summed E-state index contributed by atoms with van der Waals surface area (Å²) in [5.74, 6) is 0. The van der Waals surface area contributed by atoms with Crippen molar-refractivity contribution in [3.63, 3.8) is 0 Å².